The molecule has 5 nitrogen and oxygen atoms in total. The fourth-order valence-electron chi connectivity index (χ4n) is 2.14. The Balaban J connectivity index is 2.49. The van der Waals surface area contributed by atoms with E-state index in [9.17, 15) is 9.59 Å². The number of amides is 2. The van der Waals surface area contributed by atoms with Gasteiger partial charge in [-0.1, -0.05) is 44.2 Å². The fraction of sp³-hybridized carbons (Fsp3) is 0.500. The maximum Gasteiger partial charge on any atom is 0.317 e. The van der Waals surface area contributed by atoms with Crippen molar-refractivity contribution in [3.05, 3.63) is 35.9 Å². The maximum atomic E-state index is 12.0. The first-order valence-corrected chi connectivity index (χ1v) is 7.22. The molecule has 116 valence electrons. The van der Waals surface area contributed by atoms with Crippen LogP contribution < -0.4 is 5.32 Å². The molecule has 0 saturated carbocycles. The van der Waals surface area contributed by atoms with Crippen LogP contribution >= 0.6 is 0 Å². The van der Waals surface area contributed by atoms with E-state index in [1.54, 1.807) is 14.0 Å². The molecule has 1 aromatic rings. The molecule has 0 aliphatic carbocycles. The van der Waals surface area contributed by atoms with E-state index in [2.05, 4.69) is 24.4 Å². The predicted octanol–water partition coefficient (Wildman–Crippen LogP) is 2.54. The van der Waals surface area contributed by atoms with E-state index in [-0.39, 0.29) is 18.5 Å². The number of nitrogens with one attached hydrogen (secondary N) is 1. The van der Waals surface area contributed by atoms with Crippen molar-refractivity contribution in [1.82, 2.24) is 10.2 Å². The van der Waals surface area contributed by atoms with Crippen molar-refractivity contribution in [2.75, 3.05) is 20.1 Å². The molecule has 21 heavy (non-hydrogen) atoms. The second-order valence-electron chi connectivity index (χ2n) is 5.32. The molecule has 2 atom stereocenters. The molecule has 0 heterocycles. The summed E-state index contributed by atoms with van der Waals surface area (Å²) in [5, 5.41) is 11.7. The zero-order chi connectivity index (χ0) is 15.8. The molecule has 1 aromatic carbocycles. The number of carboxylic acid groups (broad SMARTS) is 1. The van der Waals surface area contributed by atoms with Gasteiger partial charge in [0.1, 0.15) is 0 Å². The summed E-state index contributed by atoms with van der Waals surface area (Å²) in [5.74, 6) is -1.21. The third kappa shape index (κ3) is 5.45. The third-order valence-corrected chi connectivity index (χ3v) is 3.58. The normalized spacial score (nSPS) is 13.3. The van der Waals surface area contributed by atoms with Gasteiger partial charge in [0.25, 0.3) is 0 Å². The number of carbonyl (C=O) groups excluding carboxylic acids is 1. The highest BCUT2D eigenvalue weighted by Crippen LogP contribution is 2.17. The molecular formula is C16H24N2O3. The van der Waals surface area contributed by atoms with Gasteiger partial charge in [-0.05, 0) is 12.0 Å². The van der Waals surface area contributed by atoms with Crippen molar-refractivity contribution in [3.63, 3.8) is 0 Å². The summed E-state index contributed by atoms with van der Waals surface area (Å²) in [6.07, 6.45) is 0.930. The van der Waals surface area contributed by atoms with Crippen LogP contribution in [0.1, 0.15) is 31.7 Å². The van der Waals surface area contributed by atoms with E-state index < -0.39 is 11.9 Å². The number of nitrogens with zero attached hydrogens (tertiary/aromatic N) is 1. The van der Waals surface area contributed by atoms with Crippen molar-refractivity contribution >= 4 is 12.0 Å². The monoisotopic (exact) mass is 292 g/mol. The molecule has 0 aliphatic rings. The van der Waals surface area contributed by atoms with Gasteiger partial charge in [-0.2, -0.15) is 0 Å². The molecule has 0 aliphatic heterocycles. The first kappa shape index (κ1) is 17.0. The number of carbonyl (C=O) groups is 2. The smallest absolute Gasteiger partial charge is 0.317 e. The van der Waals surface area contributed by atoms with Crippen molar-refractivity contribution in [1.29, 1.82) is 0 Å². The molecule has 2 unspecified atom stereocenters. The molecule has 0 aromatic heterocycles. The van der Waals surface area contributed by atoms with Crippen LogP contribution in [0.25, 0.3) is 0 Å². The highest BCUT2D eigenvalue weighted by atomic mass is 16.4. The second kappa shape index (κ2) is 8.29. The largest absolute Gasteiger partial charge is 0.481 e. The van der Waals surface area contributed by atoms with Crippen molar-refractivity contribution < 1.29 is 14.7 Å². The Labute approximate surface area is 126 Å². The Kier molecular flexibility index (Phi) is 6.72. The zero-order valence-corrected chi connectivity index (χ0v) is 12.9. The molecule has 1 rings (SSSR count). The Morgan fingerprint density at radius 1 is 1.29 bits per heavy atom. The van der Waals surface area contributed by atoms with Crippen LogP contribution in [0.5, 0.6) is 0 Å². The SMILES string of the molecule is CCC(CNC(=O)N(C)CC(C)C(=O)O)c1ccccc1. The third-order valence-electron chi connectivity index (χ3n) is 3.58. The zero-order valence-electron chi connectivity index (χ0n) is 12.9. The summed E-state index contributed by atoms with van der Waals surface area (Å²) in [6, 6.07) is 9.81. The van der Waals surface area contributed by atoms with E-state index in [1.165, 1.54) is 10.5 Å². The summed E-state index contributed by atoms with van der Waals surface area (Å²) < 4.78 is 0. The lowest BCUT2D eigenvalue weighted by atomic mass is 9.97. The number of hydrogen-bond acceptors (Lipinski definition) is 2. The number of urea groups is 1. The molecule has 0 radical (unpaired) electrons. The average molecular weight is 292 g/mol. The van der Waals surface area contributed by atoms with Gasteiger partial charge < -0.3 is 15.3 Å². The van der Waals surface area contributed by atoms with Crippen LogP contribution in [0.15, 0.2) is 30.3 Å². The molecule has 5 heteroatoms. The van der Waals surface area contributed by atoms with Crippen molar-refractivity contribution in [2.45, 2.75) is 26.2 Å². The molecule has 0 spiro atoms. The van der Waals surface area contributed by atoms with Gasteiger partial charge in [0.15, 0.2) is 0 Å². The number of carboxylic acids is 1. The Morgan fingerprint density at radius 3 is 2.43 bits per heavy atom. The summed E-state index contributed by atoms with van der Waals surface area (Å²) >= 11 is 0. The highest BCUT2D eigenvalue weighted by molar-refractivity contribution is 5.75. The molecule has 2 amide bonds. The summed E-state index contributed by atoms with van der Waals surface area (Å²) in [7, 11) is 1.61. The number of rotatable bonds is 7. The summed E-state index contributed by atoms with van der Waals surface area (Å²) in [6.45, 7) is 4.42. The molecule has 0 fully saturated rings. The van der Waals surface area contributed by atoms with E-state index in [4.69, 9.17) is 5.11 Å². The van der Waals surface area contributed by atoms with Gasteiger partial charge in [0.2, 0.25) is 0 Å². The lowest BCUT2D eigenvalue weighted by Crippen LogP contribution is -2.42. The Morgan fingerprint density at radius 2 is 1.90 bits per heavy atom. The lowest BCUT2D eigenvalue weighted by molar-refractivity contribution is -0.141. The predicted molar refractivity (Wildman–Crippen MR) is 82.3 cm³/mol. The Bertz CT molecular complexity index is 462. The minimum atomic E-state index is -0.898. The number of hydrogen-bond donors (Lipinski definition) is 2. The van der Waals surface area contributed by atoms with Gasteiger partial charge in [-0.3, -0.25) is 4.79 Å². The lowest BCUT2D eigenvalue weighted by Gasteiger charge is -2.22. The quantitative estimate of drug-likeness (QED) is 0.811. The van der Waals surface area contributed by atoms with Gasteiger partial charge in [-0.15, -0.1) is 0 Å². The Hall–Kier alpha value is -2.04. The number of benzene rings is 1. The second-order valence-corrected chi connectivity index (χ2v) is 5.32. The molecule has 0 bridgehead atoms. The van der Waals surface area contributed by atoms with Gasteiger partial charge >= 0.3 is 12.0 Å². The maximum absolute atomic E-state index is 12.0. The van der Waals surface area contributed by atoms with Crippen LogP contribution in [-0.4, -0.2) is 42.1 Å². The number of aliphatic carboxylic acids is 1. The first-order chi connectivity index (χ1) is 9.95. The average Bonchev–Trinajstić information content (AvgIpc) is 2.48. The van der Waals surface area contributed by atoms with Crippen molar-refractivity contribution in [2.24, 2.45) is 5.92 Å². The molecule has 0 saturated heterocycles. The van der Waals surface area contributed by atoms with Gasteiger partial charge in [0, 0.05) is 26.1 Å². The highest BCUT2D eigenvalue weighted by Gasteiger charge is 2.18. The van der Waals surface area contributed by atoms with E-state index in [0.717, 1.165) is 6.42 Å². The van der Waals surface area contributed by atoms with Gasteiger partial charge in [-0.25, -0.2) is 4.79 Å². The van der Waals surface area contributed by atoms with Crippen LogP contribution in [0.4, 0.5) is 4.79 Å². The topological polar surface area (TPSA) is 69.6 Å². The van der Waals surface area contributed by atoms with Crippen LogP contribution in [0.2, 0.25) is 0 Å². The van der Waals surface area contributed by atoms with Crippen LogP contribution in [0, 0.1) is 5.92 Å². The fourth-order valence-corrected chi connectivity index (χ4v) is 2.14. The molecule has 2 N–H and O–H groups in total. The summed E-state index contributed by atoms with van der Waals surface area (Å²) in [4.78, 5) is 24.2. The minimum absolute atomic E-state index is 0.198. The molecular weight excluding hydrogens is 268 g/mol. The van der Waals surface area contributed by atoms with E-state index >= 15 is 0 Å². The first-order valence-electron chi connectivity index (χ1n) is 7.22. The van der Waals surface area contributed by atoms with E-state index in [0.29, 0.717) is 6.54 Å². The van der Waals surface area contributed by atoms with Crippen LogP contribution in [0.3, 0.4) is 0 Å². The van der Waals surface area contributed by atoms with Gasteiger partial charge in [0.05, 0.1) is 5.92 Å². The summed E-state index contributed by atoms with van der Waals surface area (Å²) in [5.41, 5.74) is 1.20. The van der Waals surface area contributed by atoms with Crippen molar-refractivity contribution in [3.8, 4) is 0 Å². The minimum Gasteiger partial charge on any atom is -0.481 e. The standard InChI is InChI=1S/C16H24N2O3/c1-4-13(14-8-6-5-7-9-14)10-17-16(21)18(3)11-12(2)15(19)20/h5-9,12-13H,4,10-11H2,1-3H3,(H,17,21)(H,19,20). The van der Waals surface area contributed by atoms with E-state index in [1.807, 2.05) is 18.2 Å². The van der Waals surface area contributed by atoms with Crippen LogP contribution in [-0.2, 0) is 4.79 Å².